The summed E-state index contributed by atoms with van der Waals surface area (Å²) in [6.45, 7) is 1.87. The summed E-state index contributed by atoms with van der Waals surface area (Å²) in [5.41, 5.74) is 7.85. The van der Waals surface area contributed by atoms with Gasteiger partial charge in [-0.2, -0.15) is 0 Å². The number of benzene rings is 1. The lowest BCUT2D eigenvalue weighted by atomic mass is 10.0. The Hall–Kier alpha value is -0.960. The summed E-state index contributed by atoms with van der Waals surface area (Å²) in [6, 6.07) is 6.97. The molecule has 0 aliphatic carbocycles. The highest BCUT2D eigenvalue weighted by Gasteiger charge is 2.17. The molecular weight excluding hydrogens is 245 g/mol. The monoisotopic (exact) mass is 255 g/mol. The molecule has 1 atom stereocenters. The summed E-state index contributed by atoms with van der Waals surface area (Å²) < 4.78 is 5.22. The van der Waals surface area contributed by atoms with E-state index in [1.165, 1.54) is 0 Å². The molecule has 0 radical (unpaired) electrons. The molecule has 0 saturated heterocycles. The van der Waals surface area contributed by atoms with Crippen molar-refractivity contribution < 1.29 is 4.42 Å². The summed E-state index contributed by atoms with van der Waals surface area (Å²) in [4.78, 5) is 0. The average molecular weight is 256 g/mol. The Morgan fingerprint density at radius 2 is 1.94 bits per heavy atom. The van der Waals surface area contributed by atoms with Gasteiger partial charge in [-0.25, -0.2) is 0 Å². The molecule has 0 spiro atoms. The van der Waals surface area contributed by atoms with Gasteiger partial charge in [-0.05, 0) is 24.6 Å². The van der Waals surface area contributed by atoms with Crippen LogP contribution in [0, 0.1) is 6.92 Å². The fourth-order valence-electron chi connectivity index (χ4n) is 1.65. The van der Waals surface area contributed by atoms with E-state index in [9.17, 15) is 0 Å². The van der Waals surface area contributed by atoms with E-state index in [1.54, 1.807) is 12.3 Å². The van der Waals surface area contributed by atoms with Crippen LogP contribution < -0.4 is 5.73 Å². The molecule has 1 unspecified atom stereocenters. The quantitative estimate of drug-likeness (QED) is 0.883. The first-order valence-corrected chi connectivity index (χ1v) is 5.60. The van der Waals surface area contributed by atoms with Gasteiger partial charge < -0.3 is 10.2 Å². The van der Waals surface area contributed by atoms with E-state index in [-0.39, 0.29) is 6.04 Å². The second-order valence-electron chi connectivity index (χ2n) is 3.55. The first kappa shape index (κ1) is 11.5. The van der Waals surface area contributed by atoms with Crippen molar-refractivity contribution in [3.63, 3.8) is 0 Å². The summed E-state index contributed by atoms with van der Waals surface area (Å²) in [5, 5.41) is 1.01. The lowest BCUT2D eigenvalue weighted by molar-refractivity contribution is 0.527. The topological polar surface area (TPSA) is 39.2 Å². The Balaban J connectivity index is 2.46. The van der Waals surface area contributed by atoms with Gasteiger partial charge in [0.15, 0.2) is 0 Å². The molecule has 2 nitrogen and oxygen atoms in total. The van der Waals surface area contributed by atoms with E-state index in [1.807, 2.05) is 25.1 Å². The van der Waals surface area contributed by atoms with Crippen LogP contribution in [-0.4, -0.2) is 0 Å². The molecule has 0 aliphatic heterocycles. The van der Waals surface area contributed by atoms with E-state index < -0.39 is 0 Å². The van der Waals surface area contributed by atoms with Crippen molar-refractivity contribution in [3.05, 3.63) is 57.5 Å². The van der Waals surface area contributed by atoms with Crippen molar-refractivity contribution >= 4 is 23.2 Å². The number of hydrogen-bond acceptors (Lipinski definition) is 2. The van der Waals surface area contributed by atoms with Crippen molar-refractivity contribution in [1.82, 2.24) is 0 Å². The molecule has 0 bridgehead atoms. The number of nitrogens with two attached hydrogens (primary N) is 1. The van der Waals surface area contributed by atoms with E-state index in [0.29, 0.717) is 10.0 Å². The van der Waals surface area contributed by atoms with Gasteiger partial charge >= 0.3 is 0 Å². The molecule has 0 amide bonds. The number of halogens is 2. The summed E-state index contributed by atoms with van der Waals surface area (Å²) in [7, 11) is 0. The van der Waals surface area contributed by atoms with Crippen molar-refractivity contribution in [1.29, 1.82) is 0 Å². The number of furan rings is 1. The number of rotatable bonds is 2. The van der Waals surface area contributed by atoms with Crippen LogP contribution in [0.1, 0.15) is 22.9 Å². The third-order valence-electron chi connectivity index (χ3n) is 2.55. The Morgan fingerprint density at radius 1 is 1.19 bits per heavy atom. The molecule has 2 N–H and O–H groups in total. The predicted octanol–water partition coefficient (Wildman–Crippen LogP) is 3.94. The summed E-state index contributed by atoms with van der Waals surface area (Å²) in [6.07, 6.45) is 1.61. The SMILES string of the molecule is Cc1occc1C(N)c1cccc(Cl)c1Cl. The normalized spacial score (nSPS) is 12.8. The van der Waals surface area contributed by atoms with E-state index >= 15 is 0 Å². The zero-order valence-electron chi connectivity index (χ0n) is 8.71. The lowest BCUT2D eigenvalue weighted by Gasteiger charge is -2.13. The van der Waals surface area contributed by atoms with Crippen molar-refractivity contribution in [2.75, 3.05) is 0 Å². The molecule has 4 heteroatoms. The molecule has 1 aromatic carbocycles. The molecule has 1 aromatic heterocycles. The molecule has 2 aromatic rings. The van der Waals surface area contributed by atoms with Crippen LogP contribution >= 0.6 is 23.2 Å². The number of aryl methyl sites for hydroxylation is 1. The first-order valence-electron chi connectivity index (χ1n) is 4.84. The molecule has 16 heavy (non-hydrogen) atoms. The zero-order chi connectivity index (χ0) is 11.7. The van der Waals surface area contributed by atoms with Gasteiger partial charge in [0.1, 0.15) is 5.76 Å². The maximum atomic E-state index is 6.13. The summed E-state index contributed by atoms with van der Waals surface area (Å²) >= 11 is 12.1. The maximum Gasteiger partial charge on any atom is 0.105 e. The van der Waals surface area contributed by atoms with Gasteiger partial charge in [0, 0.05) is 5.56 Å². The van der Waals surface area contributed by atoms with Crippen LogP contribution in [0.3, 0.4) is 0 Å². The Bertz CT molecular complexity index is 507. The summed E-state index contributed by atoms with van der Waals surface area (Å²) in [5.74, 6) is 0.795. The van der Waals surface area contributed by atoms with Gasteiger partial charge in [0.05, 0.1) is 22.4 Å². The predicted molar refractivity (Wildman–Crippen MR) is 65.9 cm³/mol. The minimum atomic E-state index is -0.315. The molecule has 1 heterocycles. The molecule has 84 valence electrons. The highest BCUT2D eigenvalue weighted by molar-refractivity contribution is 6.42. The van der Waals surface area contributed by atoms with Crippen LogP contribution in [0.5, 0.6) is 0 Å². The van der Waals surface area contributed by atoms with Crippen LogP contribution in [0.2, 0.25) is 10.0 Å². The molecular formula is C12H11Cl2NO. The number of hydrogen-bond donors (Lipinski definition) is 1. The van der Waals surface area contributed by atoms with Gasteiger partial charge in [0.25, 0.3) is 0 Å². The van der Waals surface area contributed by atoms with Gasteiger partial charge in [-0.3, -0.25) is 0 Å². The Morgan fingerprint density at radius 3 is 2.56 bits per heavy atom. The molecule has 0 aliphatic rings. The largest absolute Gasteiger partial charge is 0.469 e. The van der Waals surface area contributed by atoms with E-state index in [0.717, 1.165) is 16.9 Å². The minimum Gasteiger partial charge on any atom is -0.469 e. The van der Waals surface area contributed by atoms with E-state index in [4.69, 9.17) is 33.4 Å². The molecule has 0 fully saturated rings. The van der Waals surface area contributed by atoms with Crippen molar-refractivity contribution in [3.8, 4) is 0 Å². The standard InChI is InChI=1S/C12H11Cl2NO/c1-7-8(5-6-16-7)12(15)9-3-2-4-10(13)11(9)14/h2-6,12H,15H2,1H3. The first-order chi connectivity index (χ1) is 7.61. The second-order valence-corrected chi connectivity index (χ2v) is 4.34. The Kier molecular flexibility index (Phi) is 3.24. The van der Waals surface area contributed by atoms with Crippen molar-refractivity contribution in [2.45, 2.75) is 13.0 Å². The molecule has 2 rings (SSSR count). The minimum absolute atomic E-state index is 0.315. The fraction of sp³-hybridized carbons (Fsp3) is 0.167. The van der Waals surface area contributed by atoms with E-state index in [2.05, 4.69) is 0 Å². The maximum absolute atomic E-state index is 6.13. The molecule has 0 saturated carbocycles. The zero-order valence-corrected chi connectivity index (χ0v) is 10.2. The van der Waals surface area contributed by atoms with Crippen LogP contribution in [-0.2, 0) is 0 Å². The van der Waals surface area contributed by atoms with Gasteiger partial charge in [-0.1, -0.05) is 35.3 Å². The van der Waals surface area contributed by atoms with Crippen LogP contribution in [0.25, 0.3) is 0 Å². The van der Waals surface area contributed by atoms with Gasteiger partial charge in [-0.15, -0.1) is 0 Å². The third-order valence-corrected chi connectivity index (χ3v) is 3.38. The van der Waals surface area contributed by atoms with Crippen molar-refractivity contribution in [2.24, 2.45) is 5.73 Å². The Labute approximate surface area is 104 Å². The average Bonchev–Trinajstić information content (AvgIpc) is 2.68. The smallest absolute Gasteiger partial charge is 0.105 e. The third kappa shape index (κ3) is 1.96. The highest BCUT2D eigenvalue weighted by Crippen LogP contribution is 2.32. The van der Waals surface area contributed by atoms with Crippen LogP contribution in [0.4, 0.5) is 0 Å². The second kappa shape index (κ2) is 4.50. The lowest BCUT2D eigenvalue weighted by Crippen LogP contribution is -2.12. The highest BCUT2D eigenvalue weighted by atomic mass is 35.5. The van der Waals surface area contributed by atoms with Crippen LogP contribution in [0.15, 0.2) is 34.9 Å². The fourth-order valence-corrected chi connectivity index (χ4v) is 2.07. The van der Waals surface area contributed by atoms with Gasteiger partial charge in [0.2, 0.25) is 0 Å².